The summed E-state index contributed by atoms with van der Waals surface area (Å²) >= 11 is -0.826. The molecule has 0 aliphatic carbocycles. The molecule has 0 bridgehead atoms. The van der Waals surface area contributed by atoms with Crippen LogP contribution in [-0.2, 0) is 33.7 Å². The Kier molecular flexibility index (Phi) is 15.0. The Hall–Kier alpha value is -3.78. The molecule has 0 unspecified atom stereocenters. The van der Waals surface area contributed by atoms with Gasteiger partial charge >= 0.3 is 37.9 Å². The first-order chi connectivity index (χ1) is 27.2. The fourth-order valence-electron chi connectivity index (χ4n) is 7.79. The Morgan fingerprint density at radius 1 is 0.571 bits per heavy atom. The second-order valence-electron chi connectivity index (χ2n) is 15.4. The molecule has 0 fully saturated rings. The molecule has 0 amide bonds. The van der Waals surface area contributed by atoms with Crippen LogP contribution in [0.4, 0.5) is 0 Å². The second-order valence-corrected chi connectivity index (χ2v) is 20.4. The van der Waals surface area contributed by atoms with Gasteiger partial charge in [0.2, 0.25) is 0 Å². The Bertz CT molecular complexity index is 2300. The first kappa shape index (κ1) is 41.8. The molecule has 0 atom stereocenters. The Balaban J connectivity index is 0.000000140. The average Bonchev–Trinajstić information content (AvgIpc) is 3.90. The standard InChI is InChI=1S/2C20H21.C12H7Si.2ClH.Zr/c2*1-14(2)11-16-12-18-10-9-15(3)20(19(18)13-16)17-7-5-4-6-8-17;1-3-7-11-9(5-1)10-6-2-4-8-12(10)13-11;;;/h2*4-10,12-14H,11H2,1-3H3;1-7H;2*1H;/q3*-1;;;+2/p-2. The van der Waals surface area contributed by atoms with Crippen LogP contribution in [0.1, 0.15) is 49.9 Å². The summed E-state index contributed by atoms with van der Waals surface area (Å²) in [7, 11) is 10.7. The SMILES string of the molecule is Cc1ccc2[cH-]c(CC(C)C)cc2c1-c1ccccc1.Cc1ccc2[cH-]c(CC(C)C)cc2c1-c1ccccc1.[Cl][Zr][Cl].[c-]1cccc2c1[Si]c1ccccc1-2. The largest absolute Gasteiger partial charge is 0.184 e. The van der Waals surface area contributed by atoms with Gasteiger partial charge in [0.25, 0.3) is 0 Å². The zero-order valence-electron chi connectivity index (χ0n) is 33.3. The minimum Gasteiger partial charge on any atom is -0.184 e. The van der Waals surface area contributed by atoms with E-state index in [2.05, 4.69) is 193 Å². The molecule has 4 heteroatoms. The van der Waals surface area contributed by atoms with Crippen molar-refractivity contribution in [1.82, 2.24) is 0 Å². The molecule has 0 saturated heterocycles. The molecule has 1 heterocycles. The fourth-order valence-corrected chi connectivity index (χ4v) is 9.10. The Morgan fingerprint density at radius 2 is 1.02 bits per heavy atom. The minimum atomic E-state index is -0.826. The van der Waals surface area contributed by atoms with Gasteiger partial charge in [-0.1, -0.05) is 146 Å². The third-order valence-electron chi connectivity index (χ3n) is 10.1. The summed E-state index contributed by atoms with van der Waals surface area (Å²) in [6.45, 7) is 13.5. The Labute approximate surface area is 356 Å². The molecule has 9 rings (SSSR count). The zero-order valence-corrected chi connectivity index (χ0v) is 38.2. The van der Waals surface area contributed by atoms with Crippen LogP contribution in [0.2, 0.25) is 0 Å². The molecule has 282 valence electrons. The van der Waals surface area contributed by atoms with Crippen molar-refractivity contribution in [2.75, 3.05) is 0 Å². The molecule has 0 N–H and O–H groups in total. The summed E-state index contributed by atoms with van der Waals surface area (Å²) < 4.78 is 0. The summed E-state index contributed by atoms with van der Waals surface area (Å²) in [5.74, 6) is 1.40. The molecule has 0 aromatic heterocycles. The third kappa shape index (κ3) is 10.4. The van der Waals surface area contributed by atoms with Crippen molar-refractivity contribution in [3.8, 4) is 33.4 Å². The molecule has 1 aliphatic heterocycles. The van der Waals surface area contributed by atoms with Crippen LogP contribution in [-0.4, -0.2) is 9.52 Å². The van der Waals surface area contributed by atoms with Crippen molar-refractivity contribution < 1.29 is 20.8 Å². The van der Waals surface area contributed by atoms with Gasteiger partial charge in [-0.25, -0.2) is 0 Å². The molecular formula is C52H49Cl2SiZr-3. The van der Waals surface area contributed by atoms with Gasteiger partial charge in [0, 0.05) is 0 Å². The molecule has 0 nitrogen and oxygen atoms in total. The van der Waals surface area contributed by atoms with Gasteiger partial charge in [-0.3, -0.25) is 0 Å². The first-order valence-electron chi connectivity index (χ1n) is 19.5. The van der Waals surface area contributed by atoms with Crippen molar-refractivity contribution in [2.24, 2.45) is 11.8 Å². The summed E-state index contributed by atoms with van der Waals surface area (Å²) in [6, 6.07) is 58.1. The quantitative estimate of drug-likeness (QED) is 0.115. The molecule has 8 aromatic carbocycles. The van der Waals surface area contributed by atoms with Gasteiger partial charge in [0.15, 0.2) is 0 Å². The van der Waals surface area contributed by atoms with E-state index >= 15 is 0 Å². The van der Waals surface area contributed by atoms with E-state index in [-0.39, 0.29) is 0 Å². The van der Waals surface area contributed by atoms with Gasteiger partial charge in [-0.2, -0.15) is 41.6 Å². The number of hydrogen-bond donors (Lipinski definition) is 0. The van der Waals surface area contributed by atoms with E-state index < -0.39 is 20.8 Å². The Morgan fingerprint density at radius 3 is 1.50 bits per heavy atom. The van der Waals surface area contributed by atoms with Crippen LogP contribution in [0.15, 0.2) is 152 Å². The van der Waals surface area contributed by atoms with Crippen LogP contribution >= 0.6 is 17.0 Å². The third-order valence-corrected chi connectivity index (χ3v) is 11.4. The summed E-state index contributed by atoms with van der Waals surface area (Å²) in [5, 5.41) is 8.34. The first-order valence-corrected chi connectivity index (χ1v) is 26.8. The molecule has 8 aromatic rings. The zero-order chi connectivity index (χ0) is 39.6. The molecule has 56 heavy (non-hydrogen) atoms. The molecule has 0 spiro atoms. The van der Waals surface area contributed by atoms with Crippen molar-refractivity contribution in [3.05, 3.63) is 180 Å². The van der Waals surface area contributed by atoms with Crippen molar-refractivity contribution in [2.45, 2.75) is 54.4 Å². The van der Waals surface area contributed by atoms with Crippen LogP contribution in [0.25, 0.3) is 54.9 Å². The number of fused-ring (bicyclic) bond motifs is 5. The van der Waals surface area contributed by atoms with Gasteiger partial charge in [0.1, 0.15) is 0 Å². The van der Waals surface area contributed by atoms with Crippen LogP contribution in [0.5, 0.6) is 0 Å². The average molecular weight is 864 g/mol. The predicted molar refractivity (Wildman–Crippen MR) is 244 cm³/mol. The smallest absolute Gasteiger partial charge is 0.0920 e. The minimum absolute atomic E-state index is 0.702. The summed E-state index contributed by atoms with van der Waals surface area (Å²) in [5.41, 5.74) is 13.8. The fraction of sp³-hybridized carbons (Fsp3) is 0.192. The monoisotopic (exact) mass is 861 g/mol. The van der Waals surface area contributed by atoms with E-state index in [4.69, 9.17) is 17.0 Å². The number of rotatable bonds is 6. The molecular weight excluding hydrogens is 815 g/mol. The molecule has 1 aliphatic rings. The maximum atomic E-state index is 4.93. The number of aryl methyl sites for hydroxylation is 2. The van der Waals surface area contributed by atoms with Crippen molar-refractivity contribution >= 4 is 58.5 Å². The predicted octanol–water partition coefficient (Wildman–Crippen LogP) is 14.0. The topological polar surface area (TPSA) is 0 Å². The van der Waals surface area contributed by atoms with Gasteiger partial charge < -0.3 is 0 Å². The number of halogens is 2. The van der Waals surface area contributed by atoms with Gasteiger partial charge in [0.05, 0.1) is 9.52 Å². The van der Waals surface area contributed by atoms with Gasteiger partial charge in [-0.15, -0.1) is 74.6 Å². The van der Waals surface area contributed by atoms with Crippen molar-refractivity contribution in [1.29, 1.82) is 0 Å². The second kappa shape index (κ2) is 20.1. The number of benzene rings is 6. The van der Waals surface area contributed by atoms with E-state index in [9.17, 15) is 0 Å². The van der Waals surface area contributed by atoms with Gasteiger partial charge in [-0.05, 0) is 49.7 Å². The van der Waals surface area contributed by atoms with E-state index in [1.54, 1.807) is 0 Å². The maximum Gasteiger partial charge on any atom is 0.0920 e. The number of hydrogen-bond acceptors (Lipinski definition) is 0. The normalized spacial score (nSPS) is 11.2. The van der Waals surface area contributed by atoms with E-state index in [0.29, 0.717) is 11.8 Å². The summed E-state index contributed by atoms with van der Waals surface area (Å²) in [6.07, 6.45) is 2.31. The van der Waals surface area contributed by atoms with Crippen molar-refractivity contribution in [3.63, 3.8) is 0 Å². The molecule has 0 saturated carbocycles. The van der Waals surface area contributed by atoms with E-state index in [1.165, 1.54) is 87.6 Å². The van der Waals surface area contributed by atoms with Crippen LogP contribution < -0.4 is 10.4 Å². The van der Waals surface area contributed by atoms with Crippen LogP contribution in [0, 0.1) is 31.7 Å². The maximum absolute atomic E-state index is 4.93. The van der Waals surface area contributed by atoms with Crippen LogP contribution in [0.3, 0.4) is 0 Å². The molecule has 2 radical (unpaired) electrons. The van der Waals surface area contributed by atoms with E-state index in [1.807, 2.05) is 6.07 Å². The summed E-state index contributed by atoms with van der Waals surface area (Å²) in [4.78, 5) is 0. The van der Waals surface area contributed by atoms with E-state index in [0.717, 1.165) is 22.4 Å².